The van der Waals surface area contributed by atoms with Crippen LogP contribution in [0.15, 0.2) is 12.2 Å². The summed E-state index contributed by atoms with van der Waals surface area (Å²) in [5.41, 5.74) is -0.899. The average molecular weight is 517 g/mol. The molecular weight excluding hydrogens is 476 g/mol. The maximum atomic E-state index is 12.7. The van der Waals surface area contributed by atoms with Crippen molar-refractivity contribution in [3.8, 4) is 0 Å². The quantitative estimate of drug-likeness (QED) is 0.0910. The van der Waals surface area contributed by atoms with Gasteiger partial charge in [0.1, 0.15) is 36.7 Å². The number of aliphatic hydroxyl groups excluding tert-OH is 3. The van der Waals surface area contributed by atoms with Gasteiger partial charge in [0.25, 0.3) is 5.91 Å². The number of ether oxygens (including phenoxy) is 3. The Kier molecular flexibility index (Phi) is 13.6. The van der Waals surface area contributed by atoms with E-state index >= 15 is 0 Å². The van der Waals surface area contributed by atoms with Crippen molar-refractivity contribution < 1.29 is 48.7 Å². The molecule has 12 heteroatoms. The van der Waals surface area contributed by atoms with Gasteiger partial charge in [-0.1, -0.05) is 31.9 Å². The summed E-state index contributed by atoms with van der Waals surface area (Å²) in [6.07, 6.45) is -2.16. The number of nitrogens with one attached hydrogen (secondary N) is 2. The Labute approximate surface area is 211 Å². The first-order chi connectivity index (χ1) is 16.9. The molecule has 0 aromatic heterocycles. The molecule has 12 nitrogen and oxygen atoms in total. The van der Waals surface area contributed by atoms with Crippen LogP contribution in [-0.2, 0) is 28.6 Å². The van der Waals surface area contributed by atoms with Crippen LogP contribution in [-0.4, -0.2) is 96.4 Å². The lowest BCUT2D eigenvalue weighted by molar-refractivity contribution is -0.150. The molecule has 6 atom stereocenters. The minimum absolute atomic E-state index is 0.0416. The third-order valence-corrected chi connectivity index (χ3v) is 5.69. The summed E-state index contributed by atoms with van der Waals surface area (Å²) in [6.45, 7) is 5.48. The van der Waals surface area contributed by atoms with Crippen LogP contribution in [0.2, 0.25) is 0 Å². The summed E-state index contributed by atoms with van der Waals surface area (Å²) in [5.74, 6) is -1.40. The molecule has 0 aromatic rings. The molecule has 1 aliphatic heterocycles. The second-order valence-corrected chi connectivity index (χ2v) is 9.36. The van der Waals surface area contributed by atoms with Crippen molar-refractivity contribution >= 4 is 24.3 Å². The van der Waals surface area contributed by atoms with Gasteiger partial charge >= 0.3 is 6.16 Å². The van der Waals surface area contributed by atoms with Gasteiger partial charge in [0.15, 0.2) is 6.10 Å². The van der Waals surface area contributed by atoms with E-state index in [0.29, 0.717) is 6.29 Å². The predicted molar refractivity (Wildman–Crippen MR) is 128 cm³/mol. The number of amides is 2. The average Bonchev–Trinajstić information content (AvgIpc) is 3.01. The Morgan fingerprint density at radius 2 is 1.89 bits per heavy atom. The van der Waals surface area contributed by atoms with Gasteiger partial charge in [-0.15, -0.1) is 0 Å². The van der Waals surface area contributed by atoms with E-state index in [1.807, 2.05) is 6.92 Å². The predicted octanol–water partition coefficient (Wildman–Crippen LogP) is -0.0278. The van der Waals surface area contributed by atoms with Crippen molar-refractivity contribution in [2.45, 2.75) is 89.4 Å². The molecule has 0 aromatic carbocycles. The molecule has 206 valence electrons. The van der Waals surface area contributed by atoms with Gasteiger partial charge in [-0.25, -0.2) is 4.79 Å². The number of carbonyl (C=O) groups is 4. The Balaban J connectivity index is 2.67. The van der Waals surface area contributed by atoms with E-state index in [1.54, 1.807) is 13.8 Å². The van der Waals surface area contributed by atoms with E-state index < -0.39 is 59.9 Å². The van der Waals surface area contributed by atoms with Crippen molar-refractivity contribution in [2.24, 2.45) is 5.41 Å². The number of aldehydes is 1. The molecule has 0 bridgehead atoms. The number of aliphatic hydroxyl groups is 3. The summed E-state index contributed by atoms with van der Waals surface area (Å²) >= 11 is 0. The Morgan fingerprint density at radius 1 is 1.19 bits per heavy atom. The number of unbranched alkanes of at least 4 members (excludes halogenated alkanes) is 2. The zero-order valence-electron chi connectivity index (χ0n) is 21.3. The lowest BCUT2D eigenvalue weighted by Gasteiger charge is -2.28. The number of allylic oxidation sites excluding steroid dienone is 1. The highest BCUT2D eigenvalue weighted by Crippen LogP contribution is 2.16. The molecule has 0 saturated carbocycles. The smallest absolute Gasteiger partial charge is 0.434 e. The van der Waals surface area contributed by atoms with E-state index in [-0.39, 0.29) is 26.0 Å². The number of carbonyl (C=O) groups excluding carboxylic acids is 4. The molecule has 0 unspecified atom stereocenters. The fraction of sp³-hybridized carbons (Fsp3) is 0.750. The van der Waals surface area contributed by atoms with Crippen LogP contribution in [0.3, 0.4) is 0 Å². The van der Waals surface area contributed by atoms with Crippen LogP contribution in [0, 0.1) is 5.41 Å². The van der Waals surface area contributed by atoms with E-state index in [2.05, 4.69) is 10.6 Å². The second-order valence-electron chi connectivity index (χ2n) is 9.36. The molecule has 5 N–H and O–H groups in total. The highest BCUT2D eigenvalue weighted by atomic mass is 16.7. The van der Waals surface area contributed by atoms with Crippen LogP contribution < -0.4 is 10.6 Å². The zero-order valence-corrected chi connectivity index (χ0v) is 21.3. The van der Waals surface area contributed by atoms with Crippen LogP contribution in [0.1, 0.15) is 52.9 Å². The number of hydrogen-bond acceptors (Lipinski definition) is 10. The van der Waals surface area contributed by atoms with Crippen molar-refractivity contribution in [2.75, 3.05) is 20.3 Å². The normalized spacial score (nSPS) is 22.0. The summed E-state index contributed by atoms with van der Waals surface area (Å²) in [7, 11) is 1.13. The largest absolute Gasteiger partial charge is 0.508 e. The van der Waals surface area contributed by atoms with E-state index in [4.69, 9.17) is 14.2 Å². The van der Waals surface area contributed by atoms with Crippen LogP contribution in [0.5, 0.6) is 0 Å². The Bertz CT molecular complexity index is 757. The van der Waals surface area contributed by atoms with Gasteiger partial charge < -0.3 is 45.0 Å². The molecular formula is C24H40N2O10. The fourth-order valence-electron chi connectivity index (χ4n) is 3.38. The summed E-state index contributed by atoms with van der Waals surface area (Å²) in [4.78, 5) is 48.0. The van der Waals surface area contributed by atoms with E-state index in [1.165, 1.54) is 6.08 Å². The molecule has 0 spiro atoms. The number of rotatable bonds is 14. The van der Waals surface area contributed by atoms with Gasteiger partial charge in [0, 0.05) is 12.5 Å². The molecule has 0 aliphatic carbocycles. The highest BCUT2D eigenvalue weighted by Gasteiger charge is 2.37. The first-order valence-corrected chi connectivity index (χ1v) is 12.1. The minimum Gasteiger partial charge on any atom is -0.434 e. The van der Waals surface area contributed by atoms with Crippen molar-refractivity contribution in [3.63, 3.8) is 0 Å². The van der Waals surface area contributed by atoms with Crippen LogP contribution in [0.4, 0.5) is 4.79 Å². The molecule has 0 radical (unpaired) electrons. The highest BCUT2D eigenvalue weighted by molar-refractivity contribution is 5.89. The van der Waals surface area contributed by atoms with E-state index in [0.717, 1.165) is 32.4 Å². The molecule has 2 amide bonds. The SMILES string of the molecule is CCCCCOC(=O)O[C@@H]1CC[C@H](NC(=O)[C@H](OC)[C@H](O)[C@@H](O)[C@H](O)C=CC(C)(C)C=O)C(=O)NC1. The van der Waals surface area contributed by atoms with Crippen LogP contribution >= 0.6 is 0 Å². The van der Waals surface area contributed by atoms with Crippen molar-refractivity contribution in [3.05, 3.63) is 12.2 Å². The fourth-order valence-corrected chi connectivity index (χ4v) is 3.38. The lowest BCUT2D eigenvalue weighted by Crippen LogP contribution is -2.55. The van der Waals surface area contributed by atoms with Crippen molar-refractivity contribution in [1.82, 2.24) is 10.6 Å². The maximum absolute atomic E-state index is 12.7. The first-order valence-electron chi connectivity index (χ1n) is 12.1. The topological polar surface area (TPSA) is 181 Å². The molecule has 36 heavy (non-hydrogen) atoms. The van der Waals surface area contributed by atoms with Gasteiger partial charge in [0.2, 0.25) is 5.91 Å². The standard InChI is InChI=1S/C24H40N2O10/c1-5-6-7-12-35-23(33)36-15-8-9-16(21(31)25-13-15)26-22(32)20(34-4)19(30)18(29)17(28)10-11-24(2,3)14-27/h10-11,14-20,28-30H,5-9,12-13H2,1-4H3,(H,25,31)(H,26,32)/t15-,16+,17-,18+,19-,20-/m1/s1. The van der Waals surface area contributed by atoms with Gasteiger partial charge in [0.05, 0.1) is 13.2 Å². The lowest BCUT2D eigenvalue weighted by atomic mass is 9.93. The Morgan fingerprint density at radius 3 is 2.50 bits per heavy atom. The van der Waals surface area contributed by atoms with Gasteiger partial charge in [-0.3, -0.25) is 9.59 Å². The molecule has 1 fully saturated rings. The van der Waals surface area contributed by atoms with Crippen LogP contribution in [0.25, 0.3) is 0 Å². The monoisotopic (exact) mass is 516 g/mol. The first kappa shape index (κ1) is 31.5. The molecule has 1 heterocycles. The number of hydrogen-bond donors (Lipinski definition) is 5. The molecule has 1 aliphatic rings. The van der Waals surface area contributed by atoms with Crippen molar-refractivity contribution in [1.29, 1.82) is 0 Å². The van der Waals surface area contributed by atoms with Gasteiger partial charge in [-0.2, -0.15) is 0 Å². The minimum atomic E-state index is -1.85. The zero-order chi connectivity index (χ0) is 27.3. The second kappa shape index (κ2) is 15.5. The summed E-state index contributed by atoms with van der Waals surface area (Å²) in [5, 5.41) is 35.9. The molecule has 1 saturated heterocycles. The maximum Gasteiger partial charge on any atom is 0.508 e. The van der Waals surface area contributed by atoms with Gasteiger partial charge in [-0.05, 0) is 33.1 Å². The van der Waals surface area contributed by atoms with E-state index in [9.17, 15) is 34.5 Å². The third kappa shape index (κ3) is 10.6. The molecule has 1 rings (SSSR count). The Hall–Kier alpha value is -2.54. The summed E-state index contributed by atoms with van der Waals surface area (Å²) < 4.78 is 15.3. The summed E-state index contributed by atoms with van der Waals surface area (Å²) in [6, 6.07) is -1.01. The third-order valence-electron chi connectivity index (χ3n) is 5.69. The number of methoxy groups -OCH3 is 1.